The van der Waals surface area contributed by atoms with Crippen LogP contribution in [0.4, 0.5) is 5.69 Å². The van der Waals surface area contributed by atoms with Gasteiger partial charge in [-0.1, -0.05) is 44.2 Å². The summed E-state index contributed by atoms with van der Waals surface area (Å²) >= 11 is 0. The molecule has 2 amide bonds. The minimum absolute atomic E-state index is 0.0743. The lowest BCUT2D eigenvalue weighted by Crippen LogP contribution is -2.53. The summed E-state index contributed by atoms with van der Waals surface area (Å²) in [5.41, 5.74) is 2.31. The number of hydrogen-bond acceptors (Lipinski definition) is 4. The van der Waals surface area contributed by atoms with Gasteiger partial charge in [-0.15, -0.1) is 0 Å². The van der Waals surface area contributed by atoms with E-state index in [4.69, 9.17) is 0 Å². The van der Waals surface area contributed by atoms with Crippen molar-refractivity contribution in [3.8, 4) is 0 Å². The number of piperidine rings is 1. The molecule has 2 heterocycles. The molecule has 4 rings (SSSR count). The Kier molecular flexibility index (Phi) is 6.86. The second kappa shape index (κ2) is 9.65. The highest BCUT2D eigenvalue weighted by atomic mass is 32.2. The first-order valence-electron chi connectivity index (χ1n) is 11.5. The second-order valence-corrected chi connectivity index (χ2v) is 11.1. The fourth-order valence-electron chi connectivity index (χ4n) is 4.87. The molecule has 7 nitrogen and oxygen atoms in total. The maximum Gasteiger partial charge on any atom is 0.241 e. The van der Waals surface area contributed by atoms with Crippen molar-refractivity contribution in [2.45, 2.75) is 50.5 Å². The Morgan fingerprint density at radius 1 is 1.09 bits per heavy atom. The maximum atomic E-state index is 13.5. The number of likely N-dealkylation sites (tertiary alicyclic amines) is 1. The van der Waals surface area contributed by atoms with Gasteiger partial charge >= 0.3 is 0 Å². The van der Waals surface area contributed by atoms with Crippen molar-refractivity contribution in [1.29, 1.82) is 0 Å². The van der Waals surface area contributed by atoms with Crippen molar-refractivity contribution < 1.29 is 18.0 Å². The van der Waals surface area contributed by atoms with E-state index in [-0.39, 0.29) is 23.1 Å². The Labute approximate surface area is 195 Å². The molecule has 0 radical (unpaired) electrons. The number of amides is 2. The van der Waals surface area contributed by atoms with Gasteiger partial charge in [-0.05, 0) is 60.4 Å². The van der Waals surface area contributed by atoms with E-state index in [9.17, 15) is 18.0 Å². The van der Waals surface area contributed by atoms with Gasteiger partial charge in [0.15, 0.2) is 0 Å². The normalized spacial score (nSPS) is 21.8. The number of aryl methyl sites for hydroxylation is 1. The fraction of sp³-hybridized carbons (Fsp3) is 0.440. The molecule has 0 unspecified atom stereocenters. The number of carbonyl (C=O) groups is 2. The molecule has 2 aromatic rings. The number of sulfonamides is 1. The van der Waals surface area contributed by atoms with Crippen molar-refractivity contribution in [2.75, 3.05) is 18.4 Å². The monoisotopic (exact) mass is 469 g/mol. The Morgan fingerprint density at radius 3 is 2.48 bits per heavy atom. The largest absolute Gasteiger partial charge is 0.341 e. The average molecular weight is 470 g/mol. The number of fused-ring (bicyclic) bond motifs is 1. The van der Waals surface area contributed by atoms with E-state index < -0.39 is 16.1 Å². The molecule has 176 valence electrons. The summed E-state index contributed by atoms with van der Waals surface area (Å²) in [4.78, 5) is 27.0. The highest BCUT2D eigenvalue weighted by Crippen LogP contribution is 2.26. The Balaban J connectivity index is 1.60. The van der Waals surface area contributed by atoms with Crippen LogP contribution in [0.25, 0.3) is 0 Å². The summed E-state index contributed by atoms with van der Waals surface area (Å²) in [6.45, 7) is 5.51. The van der Waals surface area contributed by atoms with Crippen molar-refractivity contribution in [3.63, 3.8) is 0 Å². The third-order valence-electron chi connectivity index (χ3n) is 6.34. The molecule has 2 N–H and O–H groups in total. The maximum absolute atomic E-state index is 13.5. The van der Waals surface area contributed by atoms with Gasteiger partial charge in [0.1, 0.15) is 6.04 Å². The van der Waals surface area contributed by atoms with E-state index in [0.717, 1.165) is 17.5 Å². The summed E-state index contributed by atoms with van der Waals surface area (Å²) in [5, 5.41) is 2.77. The van der Waals surface area contributed by atoms with Crippen LogP contribution in [0, 0.1) is 11.8 Å². The summed E-state index contributed by atoms with van der Waals surface area (Å²) in [5.74, 6) is 0.492. The number of nitrogens with one attached hydrogen (secondary N) is 2. The van der Waals surface area contributed by atoms with Crippen LogP contribution in [0.3, 0.4) is 0 Å². The summed E-state index contributed by atoms with van der Waals surface area (Å²) in [6, 6.07) is 13.2. The Hall–Kier alpha value is -2.71. The lowest BCUT2D eigenvalue weighted by Gasteiger charge is -2.37. The zero-order chi connectivity index (χ0) is 23.6. The van der Waals surface area contributed by atoms with Crippen LogP contribution in [0.15, 0.2) is 53.4 Å². The van der Waals surface area contributed by atoms with Crippen LogP contribution < -0.4 is 10.0 Å². The first-order chi connectivity index (χ1) is 15.7. The van der Waals surface area contributed by atoms with Crippen molar-refractivity contribution >= 4 is 27.5 Å². The molecule has 0 aromatic heterocycles. The third-order valence-corrected chi connectivity index (χ3v) is 7.81. The van der Waals surface area contributed by atoms with Crippen molar-refractivity contribution in [1.82, 2.24) is 9.62 Å². The topological polar surface area (TPSA) is 95.6 Å². The van der Waals surface area contributed by atoms with Gasteiger partial charge < -0.3 is 10.2 Å². The minimum Gasteiger partial charge on any atom is -0.341 e. The highest BCUT2D eigenvalue weighted by Gasteiger charge is 2.33. The molecule has 1 fully saturated rings. The van der Waals surface area contributed by atoms with E-state index in [0.29, 0.717) is 43.5 Å². The molecule has 2 aromatic carbocycles. The number of rotatable bonds is 6. The standard InChI is InChI=1S/C25H31N3O4S/c1-17-12-18(2)16-28(15-17)25(30)23(13-19-6-4-3-5-7-19)27-33(31,32)21-9-10-22-20(14-21)8-11-24(29)26-22/h3-7,9-10,14,17-18,23,27H,8,11-13,15-16H2,1-2H3,(H,26,29)/t17-,18+,23-/m0/s1. The van der Waals surface area contributed by atoms with Crippen molar-refractivity contribution in [2.24, 2.45) is 11.8 Å². The van der Waals surface area contributed by atoms with Crippen LogP contribution in [-0.4, -0.2) is 44.3 Å². The van der Waals surface area contributed by atoms with E-state index >= 15 is 0 Å². The van der Waals surface area contributed by atoms with Gasteiger partial charge in [0.25, 0.3) is 0 Å². The number of nitrogens with zero attached hydrogens (tertiary/aromatic N) is 1. The molecule has 0 aliphatic carbocycles. The van der Waals surface area contributed by atoms with Crippen molar-refractivity contribution in [3.05, 3.63) is 59.7 Å². The summed E-state index contributed by atoms with van der Waals surface area (Å²) in [7, 11) is -3.95. The van der Waals surface area contributed by atoms with Crippen LogP contribution in [0.5, 0.6) is 0 Å². The quantitative estimate of drug-likeness (QED) is 0.680. The smallest absolute Gasteiger partial charge is 0.241 e. The van der Waals surface area contributed by atoms with Crippen LogP contribution >= 0.6 is 0 Å². The van der Waals surface area contributed by atoms with Gasteiger partial charge in [-0.2, -0.15) is 4.72 Å². The molecule has 2 aliphatic heterocycles. The molecule has 1 saturated heterocycles. The van der Waals surface area contributed by atoms with E-state index in [2.05, 4.69) is 23.9 Å². The number of benzene rings is 2. The first kappa shape index (κ1) is 23.4. The Morgan fingerprint density at radius 2 is 1.79 bits per heavy atom. The molecule has 2 aliphatic rings. The fourth-order valence-corrected chi connectivity index (χ4v) is 6.11. The minimum atomic E-state index is -3.95. The van der Waals surface area contributed by atoms with Gasteiger partial charge in [0.2, 0.25) is 21.8 Å². The van der Waals surface area contributed by atoms with Gasteiger partial charge in [0, 0.05) is 25.2 Å². The SMILES string of the molecule is C[C@@H]1C[C@H](C)CN(C(=O)[C@H](Cc2ccccc2)NS(=O)(=O)c2ccc3c(c2)CCC(=O)N3)C1. The Bertz CT molecular complexity index is 1120. The number of carbonyl (C=O) groups excluding carboxylic acids is 2. The summed E-state index contributed by atoms with van der Waals surface area (Å²) in [6.07, 6.45) is 2.15. The van der Waals surface area contributed by atoms with E-state index in [1.54, 1.807) is 17.0 Å². The molecular weight excluding hydrogens is 438 g/mol. The van der Waals surface area contributed by atoms with Gasteiger partial charge in [0.05, 0.1) is 4.90 Å². The van der Waals surface area contributed by atoms with Crippen LogP contribution in [0.2, 0.25) is 0 Å². The summed E-state index contributed by atoms with van der Waals surface area (Å²) < 4.78 is 29.4. The second-order valence-electron chi connectivity index (χ2n) is 9.42. The molecule has 33 heavy (non-hydrogen) atoms. The molecular formula is C25H31N3O4S. The zero-order valence-electron chi connectivity index (χ0n) is 19.1. The van der Waals surface area contributed by atoms with Gasteiger partial charge in [-0.3, -0.25) is 9.59 Å². The molecule has 0 bridgehead atoms. The van der Waals surface area contributed by atoms with E-state index in [1.807, 2.05) is 30.3 Å². The molecule has 0 saturated carbocycles. The predicted octanol–water partition coefficient (Wildman–Crippen LogP) is 2.97. The first-order valence-corrected chi connectivity index (χ1v) is 13.0. The molecule has 0 spiro atoms. The zero-order valence-corrected chi connectivity index (χ0v) is 19.9. The number of hydrogen-bond donors (Lipinski definition) is 2. The predicted molar refractivity (Wildman–Crippen MR) is 127 cm³/mol. The molecule has 3 atom stereocenters. The lowest BCUT2D eigenvalue weighted by atomic mass is 9.91. The van der Waals surface area contributed by atoms with Crippen LogP contribution in [0.1, 0.15) is 37.8 Å². The average Bonchev–Trinajstić information content (AvgIpc) is 2.77. The van der Waals surface area contributed by atoms with Crippen LogP contribution in [-0.2, 0) is 32.5 Å². The third kappa shape index (κ3) is 5.62. The molecule has 8 heteroatoms. The number of anilines is 1. The highest BCUT2D eigenvalue weighted by molar-refractivity contribution is 7.89. The van der Waals surface area contributed by atoms with Gasteiger partial charge in [-0.25, -0.2) is 8.42 Å². The van der Waals surface area contributed by atoms with E-state index in [1.165, 1.54) is 6.07 Å². The lowest BCUT2D eigenvalue weighted by molar-refractivity contribution is -0.135.